The highest BCUT2D eigenvalue weighted by Gasteiger charge is 2.36. The number of H-pyrrole nitrogens is 1. The van der Waals surface area contributed by atoms with Crippen LogP contribution in [0.25, 0.3) is 16.9 Å². The minimum Gasteiger partial charge on any atom is -0.483 e. The van der Waals surface area contributed by atoms with E-state index in [-0.39, 0.29) is 45.7 Å². The Morgan fingerprint density at radius 3 is 2.57 bits per heavy atom. The maximum Gasteiger partial charge on any atom is 0.433 e. The van der Waals surface area contributed by atoms with Gasteiger partial charge in [0.05, 0.1) is 34.2 Å². The summed E-state index contributed by atoms with van der Waals surface area (Å²) in [5.74, 6) is -0.416. The molecular formula is C25H25ClF3N9O4. The largest absolute Gasteiger partial charge is 0.483 e. The maximum atomic E-state index is 13.4. The van der Waals surface area contributed by atoms with Crippen LogP contribution in [0.1, 0.15) is 23.0 Å². The van der Waals surface area contributed by atoms with Gasteiger partial charge in [0.2, 0.25) is 5.91 Å². The van der Waals surface area contributed by atoms with E-state index in [4.69, 9.17) is 21.5 Å². The Hall–Kier alpha value is -4.70. The number of aromatic amines is 1. The summed E-state index contributed by atoms with van der Waals surface area (Å²) in [6, 6.07) is 3.87. The lowest BCUT2D eigenvalue weighted by Crippen LogP contribution is -2.53. The molecule has 0 bridgehead atoms. The maximum absolute atomic E-state index is 13.4. The number of carboxylic acid groups (broad SMARTS) is 1. The van der Waals surface area contributed by atoms with Crippen LogP contribution in [0.4, 0.5) is 24.7 Å². The molecule has 2 amide bonds. The number of benzene rings is 1. The zero-order chi connectivity index (χ0) is 30.4. The fraction of sp³-hybridized carbons (Fsp3) is 0.280. The number of hydrogen-bond acceptors (Lipinski definition) is 8. The standard InChI is InChI=1S/C24H23ClF3N9O2.CH2O2/c1-13(23(39)36-7-4-29-5-8-36)33-22(38)15-3-2-14(10-17(15)25)34-20-21-31-12-18(37(21)9-6-30-20)16-11-32-35-19(16)24(26,27)28;2-1-3/h2-3,6,9-13,29H,4-5,7-8H2,1H3,(H,30,34)(H,32,35)(H,33,38);1H,(H,2,3)/t13-;/m1./s1. The summed E-state index contributed by atoms with van der Waals surface area (Å²) in [4.78, 5) is 44.0. The number of aromatic nitrogens is 5. The number of halogens is 4. The molecule has 0 radical (unpaired) electrons. The smallest absolute Gasteiger partial charge is 0.433 e. The Kier molecular flexibility index (Phi) is 9.27. The number of fused-ring (bicyclic) bond motifs is 1. The van der Waals surface area contributed by atoms with Crippen LogP contribution in [-0.4, -0.2) is 85.1 Å². The number of anilines is 2. The third kappa shape index (κ3) is 6.60. The molecule has 4 aromatic rings. The first-order chi connectivity index (χ1) is 20.0. The lowest BCUT2D eigenvalue weighted by molar-refractivity contribution is -0.140. The summed E-state index contributed by atoms with van der Waals surface area (Å²) < 4.78 is 41.6. The number of carbonyl (C=O) groups excluding carboxylic acids is 2. The van der Waals surface area contributed by atoms with Gasteiger partial charge in [-0.15, -0.1) is 0 Å². The van der Waals surface area contributed by atoms with Gasteiger partial charge in [-0.3, -0.25) is 23.9 Å². The van der Waals surface area contributed by atoms with Crippen molar-refractivity contribution in [2.24, 2.45) is 0 Å². The summed E-state index contributed by atoms with van der Waals surface area (Å²) in [5, 5.41) is 21.4. The first-order valence-electron chi connectivity index (χ1n) is 12.4. The van der Waals surface area contributed by atoms with Crippen molar-refractivity contribution in [2.45, 2.75) is 19.1 Å². The first kappa shape index (κ1) is 30.3. The van der Waals surface area contributed by atoms with Gasteiger partial charge in [-0.05, 0) is 25.1 Å². The summed E-state index contributed by atoms with van der Waals surface area (Å²) in [5.41, 5.74) is -0.0662. The van der Waals surface area contributed by atoms with Crippen molar-refractivity contribution >= 4 is 47.0 Å². The van der Waals surface area contributed by atoms with Gasteiger partial charge in [-0.2, -0.15) is 18.3 Å². The molecular weight excluding hydrogens is 583 g/mol. The summed E-state index contributed by atoms with van der Waals surface area (Å²) in [6.45, 7) is 3.92. The number of carbonyl (C=O) groups is 3. The molecule has 0 saturated carbocycles. The fourth-order valence-corrected chi connectivity index (χ4v) is 4.58. The van der Waals surface area contributed by atoms with E-state index >= 15 is 0 Å². The number of alkyl halides is 3. The van der Waals surface area contributed by atoms with E-state index in [0.717, 1.165) is 6.20 Å². The summed E-state index contributed by atoms with van der Waals surface area (Å²) in [6.07, 6.45) is 0.658. The number of imidazole rings is 1. The third-order valence-electron chi connectivity index (χ3n) is 6.25. The number of amides is 2. The SMILES string of the molecule is C[C@@H](NC(=O)c1ccc(Nc2nccn3c(-c4cn[nH]c4C(F)(F)F)cnc23)cc1Cl)C(=O)N1CCNCC1.O=CO. The lowest BCUT2D eigenvalue weighted by atomic mass is 10.1. The molecule has 0 aliphatic carbocycles. The van der Waals surface area contributed by atoms with Crippen LogP contribution in [0.5, 0.6) is 0 Å². The van der Waals surface area contributed by atoms with E-state index in [2.05, 4.69) is 31.0 Å². The van der Waals surface area contributed by atoms with Crippen LogP contribution in [0.15, 0.2) is 43.0 Å². The molecule has 1 atom stereocenters. The molecule has 5 rings (SSSR count). The molecule has 1 saturated heterocycles. The monoisotopic (exact) mass is 607 g/mol. The van der Waals surface area contributed by atoms with Crippen molar-refractivity contribution < 1.29 is 32.7 Å². The second kappa shape index (κ2) is 12.9. The van der Waals surface area contributed by atoms with Crippen molar-refractivity contribution in [2.75, 3.05) is 31.5 Å². The second-order valence-corrected chi connectivity index (χ2v) is 9.37. The van der Waals surface area contributed by atoms with Crippen molar-refractivity contribution in [3.8, 4) is 11.3 Å². The molecule has 3 aromatic heterocycles. The van der Waals surface area contributed by atoms with E-state index in [9.17, 15) is 22.8 Å². The molecule has 1 aliphatic rings. The molecule has 1 fully saturated rings. The van der Waals surface area contributed by atoms with Crippen LogP contribution in [-0.2, 0) is 15.8 Å². The molecule has 17 heteroatoms. The highest BCUT2D eigenvalue weighted by Crippen LogP contribution is 2.36. The van der Waals surface area contributed by atoms with Gasteiger partial charge in [0, 0.05) is 44.3 Å². The molecule has 1 aromatic carbocycles. The van der Waals surface area contributed by atoms with E-state index in [1.165, 1.54) is 35.1 Å². The van der Waals surface area contributed by atoms with Crippen LogP contribution in [0, 0.1) is 0 Å². The summed E-state index contributed by atoms with van der Waals surface area (Å²) in [7, 11) is 0. The van der Waals surface area contributed by atoms with Crippen LogP contribution in [0.3, 0.4) is 0 Å². The zero-order valence-corrected chi connectivity index (χ0v) is 22.7. The highest BCUT2D eigenvalue weighted by molar-refractivity contribution is 6.34. The first-order valence-corrected chi connectivity index (χ1v) is 12.8. The average Bonchev–Trinajstić information content (AvgIpc) is 3.61. The van der Waals surface area contributed by atoms with Crippen LogP contribution < -0.4 is 16.0 Å². The van der Waals surface area contributed by atoms with Gasteiger partial charge in [-0.1, -0.05) is 11.6 Å². The number of nitrogens with zero attached hydrogens (tertiary/aromatic N) is 5. The van der Waals surface area contributed by atoms with Crippen molar-refractivity contribution in [3.05, 3.63) is 59.3 Å². The molecule has 0 unspecified atom stereocenters. The quantitative estimate of drug-likeness (QED) is 0.207. The average molecular weight is 608 g/mol. The molecule has 5 N–H and O–H groups in total. The number of rotatable bonds is 6. The number of piperazine rings is 1. The van der Waals surface area contributed by atoms with Gasteiger partial charge in [-0.25, -0.2) is 9.97 Å². The van der Waals surface area contributed by atoms with Crippen LogP contribution in [0.2, 0.25) is 5.02 Å². The normalized spacial score (nSPS) is 14.1. The van der Waals surface area contributed by atoms with Crippen molar-refractivity contribution in [3.63, 3.8) is 0 Å². The predicted molar refractivity (Wildman–Crippen MR) is 145 cm³/mol. The number of nitrogens with one attached hydrogen (secondary N) is 4. The van der Waals surface area contributed by atoms with Crippen molar-refractivity contribution in [1.29, 1.82) is 0 Å². The van der Waals surface area contributed by atoms with E-state index in [1.807, 2.05) is 5.10 Å². The predicted octanol–water partition coefficient (Wildman–Crippen LogP) is 2.79. The molecule has 42 heavy (non-hydrogen) atoms. The molecule has 13 nitrogen and oxygen atoms in total. The Bertz CT molecular complexity index is 1580. The molecule has 222 valence electrons. The Morgan fingerprint density at radius 2 is 1.90 bits per heavy atom. The zero-order valence-electron chi connectivity index (χ0n) is 21.9. The van der Waals surface area contributed by atoms with Gasteiger partial charge < -0.3 is 26.0 Å². The van der Waals surface area contributed by atoms with Gasteiger partial charge in [0.25, 0.3) is 12.4 Å². The highest BCUT2D eigenvalue weighted by atomic mass is 35.5. The molecule has 0 spiro atoms. The van der Waals surface area contributed by atoms with E-state index < -0.39 is 23.8 Å². The van der Waals surface area contributed by atoms with Gasteiger partial charge >= 0.3 is 6.18 Å². The molecule has 1 aliphatic heterocycles. The van der Waals surface area contributed by atoms with E-state index in [0.29, 0.717) is 31.9 Å². The summed E-state index contributed by atoms with van der Waals surface area (Å²) >= 11 is 6.39. The van der Waals surface area contributed by atoms with Crippen LogP contribution >= 0.6 is 11.6 Å². The van der Waals surface area contributed by atoms with E-state index in [1.54, 1.807) is 17.9 Å². The van der Waals surface area contributed by atoms with Gasteiger partial charge in [0.15, 0.2) is 11.5 Å². The van der Waals surface area contributed by atoms with Crippen molar-refractivity contribution in [1.82, 2.24) is 40.1 Å². The Labute approximate surface area is 241 Å². The lowest BCUT2D eigenvalue weighted by Gasteiger charge is -2.30. The minimum atomic E-state index is -4.62. The topological polar surface area (TPSA) is 170 Å². The second-order valence-electron chi connectivity index (χ2n) is 8.96. The molecule has 4 heterocycles. The Morgan fingerprint density at radius 1 is 1.19 bits per heavy atom. The minimum absolute atomic E-state index is 0.128. The Balaban J connectivity index is 0.00000129. The fourth-order valence-electron chi connectivity index (χ4n) is 4.31. The van der Waals surface area contributed by atoms with Gasteiger partial charge in [0.1, 0.15) is 11.7 Å². The third-order valence-corrected chi connectivity index (χ3v) is 6.56. The number of hydrogen-bond donors (Lipinski definition) is 5.